The van der Waals surface area contributed by atoms with Gasteiger partial charge in [0.25, 0.3) is 5.69 Å². The van der Waals surface area contributed by atoms with Crippen LogP contribution in [0.1, 0.15) is 24.4 Å². The molecule has 0 amide bonds. The summed E-state index contributed by atoms with van der Waals surface area (Å²) in [6.45, 7) is 0.635. The van der Waals surface area contributed by atoms with Crippen molar-refractivity contribution in [2.24, 2.45) is 0 Å². The molecule has 1 saturated heterocycles. The average Bonchev–Trinajstić information content (AvgIpc) is 2.56. The highest BCUT2D eigenvalue weighted by Gasteiger charge is 2.28. The molecule has 3 rings (SSSR count). The molecule has 1 aliphatic heterocycles. The quantitative estimate of drug-likeness (QED) is 0.642. The van der Waals surface area contributed by atoms with Gasteiger partial charge in [-0.25, -0.2) is 0 Å². The first kappa shape index (κ1) is 14.3. The zero-order valence-electron chi connectivity index (χ0n) is 12.0. The van der Waals surface area contributed by atoms with E-state index in [1.54, 1.807) is 12.1 Å². The van der Waals surface area contributed by atoms with E-state index in [0.717, 1.165) is 11.3 Å². The van der Waals surface area contributed by atoms with Gasteiger partial charge < -0.3 is 4.90 Å². The molecular weight excluding hydrogens is 280 g/mol. The van der Waals surface area contributed by atoms with E-state index in [0.29, 0.717) is 19.4 Å². The number of non-ortho nitro benzene ring substituents is 1. The lowest BCUT2D eigenvalue weighted by molar-refractivity contribution is -0.384. The molecule has 1 heterocycles. The molecular formula is C17H16N2O3. The third kappa shape index (κ3) is 2.83. The van der Waals surface area contributed by atoms with E-state index in [1.165, 1.54) is 12.1 Å². The molecule has 1 unspecified atom stereocenters. The number of ketones is 1. The van der Waals surface area contributed by atoms with Crippen molar-refractivity contribution < 1.29 is 9.72 Å². The minimum atomic E-state index is -0.405. The van der Waals surface area contributed by atoms with Gasteiger partial charge in [-0.2, -0.15) is 0 Å². The fourth-order valence-corrected chi connectivity index (χ4v) is 2.88. The molecule has 1 aliphatic rings. The summed E-state index contributed by atoms with van der Waals surface area (Å²) in [7, 11) is 0. The van der Waals surface area contributed by atoms with Gasteiger partial charge in [0, 0.05) is 37.2 Å². The Balaban J connectivity index is 1.92. The van der Waals surface area contributed by atoms with Gasteiger partial charge in [-0.3, -0.25) is 14.9 Å². The number of hydrogen-bond acceptors (Lipinski definition) is 4. The third-order valence-corrected chi connectivity index (χ3v) is 4.01. The number of benzene rings is 2. The van der Waals surface area contributed by atoms with E-state index in [4.69, 9.17) is 0 Å². The van der Waals surface area contributed by atoms with Crippen LogP contribution in [0.15, 0.2) is 54.6 Å². The Morgan fingerprint density at radius 1 is 1.05 bits per heavy atom. The minimum absolute atomic E-state index is 0.0103. The molecule has 1 fully saturated rings. The highest BCUT2D eigenvalue weighted by molar-refractivity contribution is 5.82. The van der Waals surface area contributed by atoms with Gasteiger partial charge in [0.15, 0.2) is 0 Å². The standard InChI is InChI=1S/C17H16N2O3/c20-16-10-11-18(14-6-8-15(9-7-14)19(21)22)17(12-16)13-4-2-1-3-5-13/h1-9,17H,10-12H2. The number of nitro benzene ring substituents is 1. The van der Waals surface area contributed by atoms with E-state index in [9.17, 15) is 14.9 Å². The summed E-state index contributed by atoms with van der Waals surface area (Å²) in [6, 6.07) is 16.4. The molecule has 0 N–H and O–H groups in total. The number of Topliss-reactive ketones (excluding diaryl/α,β-unsaturated/α-hetero) is 1. The van der Waals surface area contributed by atoms with Crippen LogP contribution in [0.2, 0.25) is 0 Å². The number of hydrogen-bond donors (Lipinski definition) is 0. The summed E-state index contributed by atoms with van der Waals surface area (Å²) in [5.74, 6) is 0.256. The second-order valence-electron chi connectivity index (χ2n) is 5.39. The largest absolute Gasteiger partial charge is 0.364 e. The first-order valence-corrected chi connectivity index (χ1v) is 7.23. The van der Waals surface area contributed by atoms with Crippen LogP contribution in [-0.4, -0.2) is 17.3 Å². The van der Waals surface area contributed by atoms with Crippen LogP contribution in [-0.2, 0) is 4.79 Å². The maximum Gasteiger partial charge on any atom is 0.269 e. The Bertz CT molecular complexity index is 683. The maximum atomic E-state index is 11.9. The summed E-state index contributed by atoms with van der Waals surface area (Å²) in [5.41, 5.74) is 2.08. The summed E-state index contributed by atoms with van der Waals surface area (Å²) < 4.78 is 0. The predicted octanol–water partition coefficient (Wildman–Crippen LogP) is 3.51. The van der Waals surface area contributed by atoms with Gasteiger partial charge in [0.05, 0.1) is 11.0 Å². The number of nitro groups is 1. The van der Waals surface area contributed by atoms with Gasteiger partial charge in [-0.15, -0.1) is 0 Å². The van der Waals surface area contributed by atoms with Crippen LogP contribution in [0.3, 0.4) is 0 Å². The molecule has 0 aromatic heterocycles. The summed E-state index contributed by atoms with van der Waals surface area (Å²) >= 11 is 0. The normalized spacial score (nSPS) is 18.3. The SMILES string of the molecule is O=C1CCN(c2ccc([N+](=O)[O-])cc2)C(c2ccccc2)C1. The summed E-state index contributed by atoms with van der Waals surface area (Å²) in [5, 5.41) is 10.8. The fraction of sp³-hybridized carbons (Fsp3) is 0.235. The van der Waals surface area contributed by atoms with E-state index < -0.39 is 4.92 Å². The Morgan fingerprint density at radius 2 is 1.73 bits per heavy atom. The van der Waals surface area contributed by atoms with Crippen LogP contribution in [0.25, 0.3) is 0 Å². The lowest BCUT2D eigenvalue weighted by Crippen LogP contribution is -2.37. The predicted molar refractivity (Wildman–Crippen MR) is 83.9 cm³/mol. The maximum absolute atomic E-state index is 11.9. The topological polar surface area (TPSA) is 63.5 Å². The van der Waals surface area contributed by atoms with E-state index in [1.807, 2.05) is 30.3 Å². The van der Waals surface area contributed by atoms with Crippen molar-refractivity contribution >= 4 is 17.2 Å². The van der Waals surface area contributed by atoms with Crippen LogP contribution in [0.4, 0.5) is 11.4 Å². The first-order valence-electron chi connectivity index (χ1n) is 7.23. The van der Waals surface area contributed by atoms with Gasteiger partial charge in [-0.05, 0) is 17.7 Å². The molecule has 2 aromatic carbocycles. The van der Waals surface area contributed by atoms with Crippen molar-refractivity contribution in [1.29, 1.82) is 0 Å². The molecule has 0 radical (unpaired) electrons. The van der Waals surface area contributed by atoms with Crippen LogP contribution < -0.4 is 4.90 Å². The van der Waals surface area contributed by atoms with Crippen molar-refractivity contribution in [3.8, 4) is 0 Å². The smallest absolute Gasteiger partial charge is 0.269 e. The highest BCUT2D eigenvalue weighted by Crippen LogP contribution is 2.34. The number of rotatable bonds is 3. The number of anilines is 1. The van der Waals surface area contributed by atoms with Crippen molar-refractivity contribution in [1.82, 2.24) is 0 Å². The van der Waals surface area contributed by atoms with Crippen molar-refractivity contribution in [3.63, 3.8) is 0 Å². The Labute approximate surface area is 128 Å². The molecule has 2 aromatic rings. The van der Waals surface area contributed by atoms with Gasteiger partial charge in [0.2, 0.25) is 0 Å². The summed E-state index contributed by atoms with van der Waals surface area (Å²) in [4.78, 5) is 24.4. The Morgan fingerprint density at radius 3 is 2.36 bits per heavy atom. The van der Waals surface area contributed by atoms with E-state index >= 15 is 0 Å². The number of piperidine rings is 1. The van der Waals surface area contributed by atoms with Gasteiger partial charge in [0.1, 0.15) is 5.78 Å². The van der Waals surface area contributed by atoms with Crippen LogP contribution in [0, 0.1) is 10.1 Å². The number of nitrogens with zero attached hydrogens (tertiary/aromatic N) is 2. The third-order valence-electron chi connectivity index (χ3n) is 4.01. The Hall–Kier alpha value is -2.69. The van der Waals surface area contributed by atoms with Gasteiger partial charge >= 0.3 is 0 Å². The molecule has 0 saturated carbocycles. The molecule has 22 heavy (non-hydrogen) atoms. The second-order valence-corrected chi connectivity index (χ2v) is 5.39. The number of carbonyl (C=O) groups is 1. The lowest BCUT2D eigenvalue weighted by atomic mass is 9.94. The van der Waals surface area contributed by atoms with Crippen LogP contribution in [0.5, 0.6) is 0 Å². The first-order chi connectivity index (χ1) is 10.6. The molecule has 112 valence electrons. The van der Waals surface area contributed by atoms with E-state index in [2.05, 4.69) is 4.90 Å². The molecule has 5 nitrogen and oxygen atoms in total. The van der Waals surface area contributed by atoms with Crippen molar-refractivity contribution in [2.75, 3.05) is 11.4 Å². The van der Waals surface area contributed by atoms with Gasteiger partial charge in [-0.1, -0.05) is 30.3 Å². The summed E-state index contributed by atoms with van der Waals surface area (Å²) in [6.07, 6.45) is 0.987. The zero-order valence-corrected chi connectivity index (χ0v) is 12.0. The molecule has 0 spiro atoms. The minimum Gasteiger partial charge on any atom is -0.364 e. The molecule has 1 atom stereocenters. The average molecular weight is 296 g/mol. The molecule has 0 aliphatic carbocycles. The van der Waals surface area contributed by atoms with Crippen molar-refractivity contribution in [3.05, 3.63) is 70.3 Å². The Kier molecular flexibility index (Phi) is 3.87. The van der Waals surface area contributed by atoms with Crippen LogP contribution >= 0.6 is 0 Å². The zero-order chi connectivity index (χ0) is 15.5. The fourth-order valence-electron chi connectivity index (χ4n) is 2.88. The lowest BCUT2D eigenvalue weighted by Gasteiger charge is -2.37. The molecule has 5 heteroatoms. The highest BCUT2D eigenvalue weighted by atomic mass is 16.6. The monoisotopic (exact) mass is 296 g/mol. The second kappa shape index (κ2) is 5.97. The number of carbonyl (C=O) groups excluding carboxylic acids is 1. The molecule has 0 bridgehead atoms. The van der Waals surface area contributed by atoms with Crippen molar-refractivity contribution in [2.45, 2.75) is 18.9 Å². The van der Waals surface area contributed by atoms with E-state index in [-0.39, 0.29) is 17.5 Å².